The minimum atomic E-state index is -0.463. The Morgan fingerprint density at radius 2 is 2.19 bits per heavy atom. The van der Waals surface area contributed by atoms with Gasteiger partial charge in [-0.15, -0.1) is 11.3 Å². The van der Waals surface area contributed by atoms with Crippen LogP contribution in [-0.4, -0.2) is 34.2 Å². The largest absolute Gasteiger partial charge is 0.493 e. The van der Waals surface area contributed by atoms with Crippen molar-refractivity contribution in [2.45, 2.75) is 6.92 Å². The molecule has 0 atom stereocenters. The number of hydrogen-bond donors (Lipinski definition) is 1. The third-order valence-corrected chi connectivity index (χ3v) is 4.56. The molecule has 0 radical (unpaired) electrons. The quantitative estimate of drug-likeness (QED) is 0.305. The Morgan fingerprint density at radius 3 is 2.89 bits per heavy atom. The first kappa shape index (κ1) is 18.7. The highest BCUT2D eigenvalue weighted by atomic mass is 32.1. The van der Waals surface area contributed by atoms with E-state index in [1.54, 1.807) is 42.6 Å². The first-order chi connectivity index (χ1) is 13.0. The molecular weight excluding hydrogens is 388 g/mol. The van der Waals surface area contributed by atoms with Crippen LogP contribution in [-0.2, 0) is 0 Å². The maximum Gasteiger partial charge on any atom is 0.353 e. The summed E-state index contributed by atoms with van der Waals surface area (Å²) in [6.45, 7) is 1.55. The lowest BCUT2D eigenvalue weighted by atomic mass is 10.2. The molecule has 0 aliphatic heterocycles. The van der Waals surface area contributed by atoms with E-state index in [0.29, 0.717) is 16.2 Å². The smallest absolute Gasteiger partial charge is 0.353 e. The number of methoxy groups -OCH3 is 1. The molecule has 0 aliphatic carbocycles. The highest BCUT2D eigenvalue weighted by Crippen LogP contribution is 2.28. The van der Waals surface area contributed by atoms with Crippen LogP contribution in [0.3, 0.4) is 0 Å². The first-order valence-electron chi connectivity index (χ1n) is 7.66. The van der Waals surface area contributed by atoms with Crippen molar-refractivity contribution in [3.8, 4) is 11.5 Å². The average molecular weight is 402 g/mol. The molecule has 0 bridgehead atoms. The second kappa shape index (κ2) is 8.06. The Hall–Kier alpha value is -3.11. The van der Waals surface area contributed by atoms with E-state index < -0.39 is 11.5 Å². The van der Waals surface area contributed by atoms with Gasteiger partial charge in [0.2, 0.25) is 4.77 Å². The predicted octanol–water partition coefficient (Wildman–Crippen LogP) is 2.78. The lowest BCUT2D eigenvalue weighted by Gasteiger charge is -2.09. The number of aryl methyl sites for hydroxylation is 1. The van der Waals surface area contributed by atoms with Gasteiger partial charge in [0.05, 0.1) is 13.3 Å². The molecule has 1 aromatic carbocycles. The molecule has 3 rings (SSSR count). The maximum absolute atomic E-state index is 12.1. The van der Waals surface area contributed by atoms with Crippen molar-refractivity contribution in [2.24, 2.45) is 5.10 Å². The van der Waals surface area contributed by atoms with Crippen LogP contribution in [0.25, 0.3) is 0 Å². The molecule has 0 amide bonds. The number of thiophene rings is 1. The van der Waals surface area contributed by atoms with Gasteiger partial charge in [-0.1, -0.05) is 6.07 Å². The number of ether oxygens (including phenoxy) is 2. The van der Waals surface area contributed by atoms with Gasteiger partial charge < -0.3 is 9.47 Å². The first-order valence-corrected chi connectivity index (χ1v) is 8.95. The second-order valence-corrected chi connectivity index (χ2v) is 6.59. The summed E-state index contributed by atoms with van der Waals surface area (Å²) in [5, 5.41) is 12.2. The summed E-state index contributed by atoms with van der Waals surface area (Å²) in [5.41, 5.74) is 0.455. The van der Waals surface area contributed by atoms with Gasteiger partial charge in [-0.25, -0.2) is 4.79 Å². The topological polar surface area (TPSA) is 98.6 Å². The lowest BCUT2D eigenvalue weighted by Crippen LogP contribution is -2.22. The molecular formula is C17H14N4O4S2. The number of rotatable bonds is 5. The molecule has 0 spiro atoms. The Balaban J connectivity index is 1.86. The van der Waals surface area contributed by atoms with Crippen molar-refractivity contribution in [1.82, 2.24) is 14.9 Å². The van der Waals surface area contributed by atoms with Crippen molar-refractivity contribution in [2.75, 3.05) is 7.11 Å². The number of aromatic amines is 1. The van der Waals surface area contributed by atoms with Crippen molar-refractivity contribution < 1.29 is 14.3 Å². The van der Waals surface area contributed by atoms with Crippen LogP contribution in [0.15, 0.2) is 45.6 Å². The van der Waals surface area contributed by atoms with Crippen LogP contribution in [0.5, 0.6) is 11.5 Å². The molecule has 2 aromatic heterocycles. The number of esters is 1. The van der Waals surface area contributed by atoms with Crippen molar-refractivity contribution in [3.05, 3.63) is 67.0 Å². The Bertz CT molecular complexity index is 1120. The van der Waals surface area contributed by atoms with E-state index in [9.17, 15) is 9.59 Å². The number of benzene rings is 1. The van der Waals surface area contributed by atoms with Gasteiger partial charge in [-0.05, 0) is 54.4 Å². The average Bonchev–Trinajstić information content (AvgIpc) is 3.20. The zero-order valence-electron chi connectivity index (χ0n) is 14.3. The van der Waals surface area contributed by atoms with Crippen molar-refractivity contribution in [3.63, 3.8) is 0 Å². The summed E-state index contributed by atoms with van der Waals surface area (Å²) in [5.74, 6) is 0.171. The van der Waals surface area contributed by atoms with Gasteiger partial charge in [0.25, 0.3) is 5.56 Å². The van der Waals surface area contributed by atoms with Gasteiger partial charge in [0.15, 0.2) is 11.5 Å². The molecule has 1 N–H and O–H groups in total. The van der Waals surface area contributed by atoms with Gasteiger partial charge in [-0.3, -0.25) is 9.89 Å². The molecule has 0 fully saturated rings. The molecule has 138 valence electrons. The molecule has 0 saturated heterocycles. The van der Waals surface area contributed by atoms with Crippen LogP contribution in [0.2, 0.25) is 0 Å². The standard InChI is InChI=1S/C17H14N4O4S2/c1-10-15(22)21(17(26)20-19-10)18-9-11-5-6-12(13(8-11)24-2)25-16(23)14-4-3-7-27-14/h3-9H,1-2H3,(H,20,26)/b18-9+. The van der Waals surface area contributed by atoms with Crippen LogP contribution in [0, 0.1) is 11.7 Å². The van der Waals surface area contributed by atoms with Crippen LogP contribution >= 0.6 is 23.6 Å². The fourth-order valence-electron chi connectivity index (χ4n) is 2.10. The summed E-state index contributed by atoms with van der Waals surface area (Å²) >= 11 is 6.31. The molecule has 0 aliphatic rings. The fourth-order valence-corrected chi connectivity index (χ4v) is 2.87. The van der Waals surface area contributed by atoms with Gasteiger partial charge in [-0.2, -0.15) is 14.9 Å². The molecule has 27 heavy (non-hydrogen) atoms. The van der Waals surface area contributed by atoms with Crippen LogP contribution in [0.1, 0.15) is 20.9 Å². The van der Waals surface area contributed by atoms with E-state index in [0.717, 1.165) is 4.68 Å². The molecule has 8 nitrogen and oxygen atoms in total. The number of H-pyrrole nitrogens is 1. The van der Waals surface area contributed by atoms with E-state index in [2.05, 4.69) is 15.3 Å². The van der Waals surface area contributed by atoms with Crippen LogP contribution < -0.4 is 15.0 Å². The van der Waals surface area contributed by atoms with Crippen molar-refractivity contribution >= 4 is 35.7 Å². The Morgan fingerprint density at radius 1 is 1.37 bits per heavy atom. The Labute approximate surface area is 162 Å². The summed E-state index contributed by atoms with van der Waals surface area (Å²) < 4.78 is 11.8. The van der Waals surface area contributed by atoms with E-state index in [1.807, 2.05) is 0 Å². The van der Waals surface area contributed by atoms with Crippen LogP contribution in [0.4, 0.5) is 0 Å². The van der Waals surface area contributed by atoms with E-state index in [1.165, 1.54) is 24.7 Å². The zero-order chi connectivity index (χ0) is 19.4. The third-order valence-electron chi connectivity index (χ3n) is 3.45. The van der Waals surface area contributed by atoms with Gasteiger partial charge >= 0.3 is 5.97 Å². The summed E-state index contributed by atoms with van der Waals surface area (Å²) in [6.07, 6.45) is 1.44. The fraction of sp³-hybridized carbons (Fsp3) is 0.118. The second-order valence-electron chi connectivity index (χ2n) is 5.25. The minimum Gasteiger partial charge on any atom is -0.493 e. The molecule has 0 saturated carbocycles. The maximum atomic E-state index is 12.1. The summed E-state index contributed by atoms with van der Waals surface area (Å²) in [4.78, 5) is 24.6. The monoisotopic (exact) mass is 402 g/mol. The summed E-state index contributed by atoms with van der Waals surface area (Å²) in [6, 6.07) is 8.35. The number of carbonyl (C=O) groups is 1. The predicted molar refractivity (Wildman–Crippen MR) is 104 cm³/mol. The molecule has 0 unspecified atom stereocenters. The number of aromatic nitrogens is 3. The highest BCUT2D eigenvalue weighted by Gasteiger charge is 2.13. The molecule has 3 aromatic rings. The van der Waals surface area contributed by atoms with E-state index in [-0.39, 0.29) is 16.2 Å². The number of nitrogens with one attached hydrogen (secondary N) is 1. The SMILES string of the molecule is COc1cc(/C=N/n2c(=S)[nH]nc(C)c2=O)ccc1OC(=O)c1cccs1. The number of hydrogen-bond acceptors (Lipinski definition) is 8. The number of carbonyl (C=O) groups excluding carboxylic acids is 1. The Kier molecular flexibility index (Phi) is 5.57. The number of nitrogens with zero attached hydrogens (tertiary/aromatic N) is 3. The normalized spacial score (nSPS) is 10.9. The van der Waals surface area contributed by atoms with Gasteiger partial charge in [0, 0.05) is 0 Å². The van der Waals surface area contributed by atoms with Crippen molar-refractivity contribution in [1.29, 1.82) is 0 Å². The van der Waals surface area contributed by atoms with E-state index in [4.69, 9.17) is 21.7 Å². The van der Waals surface area contributed by atoms with Gasteiger partial charge in [0.1, 0.15) is 10.6 Å². The van der Waals surface area contributed by atoms with E-state index >= 15 is 0 Å². The summed E-state index contributed by atoms with van der Waals surface area (Å²) in [7, 11) is 1.46. The zero-order valence-corrected chi connectivity index (χ0v) is 16.0. The molecule has 10 heteroatoms. The molecule has 2 heterocycles. The highest BCUT2D eigenvalue weighted by molar-refractivity contribution is 7.71. The minimum absolute atomic E-state index is 0.0790. The third kappa shape index (κ3) is 4.18. The lowest BCUT2D eigenvalue weighted by molar-refractivity contribution is 0.0735.